The molecule has 0 aliphatic carbocycles. The van der Waals surface area contributed by atoms with E-state index in [4.69, 9.17) is 4.52 Å². The van der Waals surface area contributed by atoms with Crippen molar-refractivity contribution in [3.05, 3.63) is 11.7 Å². The van der Waals surface area contributed by atoms with E-state index in [1.54, 1.807) is 16.7 Å². The van der Waals surface area contributed by atoms with Crippen LogP contribution in [0.25, 0.3) is 0 Å². The predicted octanol–water partition coefficient (Wildman–Crippen LogP) is 1.43. The topological polar surface area (TPSA) is 79.5 Å². The zero-order valence-corrected chi connectivity index (χ0v) is 14.3. The van der Waals surface area contributed by atoms with Gasteiger partial charge in [0.2, 0.25) is 17.7 Å². The van der Waals surface area contributed by atoms with Crippen LogP contribution in [0.3, 0.4) is 0 Å². The number of thioether (sulfide) groups is 1. The maximum Gasteiger partial charge on any atom is 0.242 e. The highest BCUT2D eigenvalue weighted by molar-refractivity contribution is 8.00. The Labute approximate surface area is 139 Å². The molecule has 0 bridgehead atoms. The average Bonchev–Trinajstić information content (AvgIpc) is 3.17. The molecule has 0 aromatic carbocycles. The van der Waals surface area contributed by atoms with Gasteiger partial charge >= 0.3 is 0 Å². The largest absolute Gasteiger partial charge is 0.340 e. The van der Waals surface area contributed by atoms with Crippen LogP contribution in [-0.4, -0.2) is 63.0 Å². The summed E-state index contributed by atoms with van der Waals surface area (Å²) in [7, 11) is 0. The molecule has 8 heteroatoms. The molecule has 3 heterocycles. The molecule has 3 rings (SSSR count). The van der Waals surface area contributed by atoms with Crippen molar-refractivity contribution in [1.29, 1.82) is 0 Å². The van der Waals surface area contributed by atoms with E-state index >= 15 is 0 Å². The fourth-order valence-electron chi connectivity index (χ4n) is 2.87. The van der Waals surface area contributed by atoms with Gasteiger partial charge in [-0.3, -0.25) is 9.59 Å². The van der Waals surface area contributed by atoms with Gasteiger partial charge in [-0.2, -0.15) is 4.98 Å². The van der Waals surface area contributed by atoms with Crippen molar-refractivity contribution in [2.45, 2.75) is 38.5 Å². The number of rotatable bonds is 4. The molecule has 1 unspecified atom stereocenters. The Kier molecular flexibility index (Phi) is 4.89. The summed E-state index contributed by atoms with van der Waals surface area (Å²) in [6.45, 7) is 5.55. The Bertz CT molecular complexity index is 589. The molecule has 0 spiro atoms. The lowest BCUT2D eigenvalue weighted by Gasteiger charge is -2.32. The van der Waals surface area contributed by atoms with Crippen LogP contribution >= 0.6 is 11.8 Å². The van der Waals surface area contributed by atoms with E-state index in [0.717, 1.165) is 19.4 Å². The van der Waals surface area contributed by atoms with Crippen LogP contribution in [0, 0.1) is 0 Å². The molecule has 1 aromatic heterocycles. The molecule has 0 radical (unpaired) electrons. The minimum absolute atomic E-state index is 0.0122. The fourth-order valence-corrected chi connectivity index (χ4v) is 3.77. The number of carbonyl (C=O) groups excluding carboxylic acids is 2. The maximum absolute atomic E-state index is 12.4. The van der Waals surface area contributed by atoms with Crippen molar-refractivity contribution in [2.24, 2.45) is 0 Å². The normalized spacial score (nSPS) is 22.2. The number of hydrogen-bond acceptors (Lipinski definition) is 6. The Hall–Kier alpha value is -1.57. The van der Waals surface area contributed by atoms with Gasteiger partial charge in [0.25, 0.3) is 0 Å². The van der Waals surface area contributed by atoms with Crippen molar-refractivity contribution in [3.63, 3.8) is 0 Å². The third-order valence-corrected chi connectivity index (χ3v) is 5.19. The van der Waals surface area contributed by atoms with E-state index in [1.165, 1.54) is 0 Å². The Morgan fingerprint density at radius 2 is 2.30 bits per heavy atom. The van der Waals surface area contributed by atoms with Crippen LogP contribution in [0.4, 0.5) is 0 Å². The van der Waals surface area contributed by atoms with E-state index < -0.39 is 0 Å². The second kappa shape index (κ2) is 6.90. The highest BCUT2D eigenvalue weighted by Crippen LogP contribution is 2.26. The summed E-state index contributed by atoms with van der Waals surface area (Å²) in [6.07, 6.45) is 1.88. The SMILES string of the molecule is CC(C)c1nc(C2CCCN(C(=O)CN3CSCC3=O)C2)no1. The zero-order chi connectivity index (χ0) is 16.4. The van der Waals surface area contributed by atoms with E-state index in [-0.39, 0.29) is 30.2 Å². The van der Waals surface area contributed by atoms with Crippen molar-refractivity contribution >= 4 is 23.6 Å². The molecule has 1 atom stereocenters. The molecule has 7 nitrogen and oxygen atoms in total. The molecular formula is C15H22N4O3S. The molecule has 2 fully saturated rings. The standard InChI is InChI=1S/C15H22N4O3S/c1-10(2)15-16-14(17-22-15)11-4-3-5-18(6-11)12(20)7-19-9-23-8-13(19)21/h10-11H,3-9H2,1-2H3. The van der Waals surface area contributed by atoms with Crippen molar-refractivity contribution in [3.8, 4) is 0 Å². The second-order valence-corrected chi connectivity index (χ2v) is 7.35. The van der Waals surface area contributed by atoms with Crippen LogP contribution < -0.4 is 0 Å². The highest BCUT2D eigenvalue weighted by atomic mass is 32.2. The van der Waals surface area contributed by atoms with Gasteiger partial charge < -0.3 is 14.3 Å². The van der Waals surface area contributed by atoms with Crippen LogP contribution in [-0.2, 0) is 9.59 Å². The van der Waals surface area contributed by atoms with Crippen molar-refractivity contribution < 1.29 is 14.1 Å². The van der Waals surface area contributed by atoms with E-state index in [0.29, 0.717) is 29.9 Å². The first kappa shape index (κ1) is 16.3. The van der Waals surface area contributed by atoms with Gasteiger partial charge in [0.05, 0.1) is 11.6 Å². The minimum atomic E-state index is 0.0122. The lowest BCUT2D eigenvalue weighted by atomic mass is 9.97. The van der Waals surface area contributed by atoms with E-state index in [2.05, 4.69) is 10.1 Å². The molecule has 126 valence electrons. The molecule has 2 saturated heterocycles. The smallest absolute Gasteiger partial charge is 0.242 e. The van der Waals surface area contributed by atoms with Crippen LogP contribution in [0.2, 0.25) is 0 Å². The third-order valence-electron chi connectivity index (χ3n) is 4.24. The van der Waals surface area contributed by atoms with E-state index in [9.17, 15) is 9.59 Å². The number of aromatic nitrogens is 2. The molecule has 0 N–H and O–H groups in total. The first-order valence-electron chi connectivity index (χ1n) is 8.01. The summed E-state index contributed by atoms with van der Waals surface area (Å²) in [4.78, 5) is 32.0. The zero-order valence-electron chi connectivity index (χ0n) is 13.5. The third kappa shape index (κ3) is 3.68. The van der Waals surface area contributed by atoms with Gasteiger partial charge in [-0.1, -0.05) is 19.0 Å². The summed E-state index contributed by atoms with van der Waals surface area (Å²) in [5.41, 5.74) is 0. The molecule has 1 aromatic rings. The molecular weight excluding hydrogens is 316 g/mol. The minimum Gasteiger partial charge on any atom is -0.340 e. The second-order valence-electron chi connectivity index (χ2n) is 6.39. The molecule has 2 amide bonds. The summed E-state index contributed by atoms with van der Waals surface area (Å²) in [5.74, 6) is 2.82. The Morgan fingerprint density at radius 1 is 1.48 bits per heavy atom. The van der Waals surface area contributed by atoms with Crippen LogP contribution in [0.5, 0.6) is 0 Å². The van der Waals surface area contributed by atoms with Gasteiger partial charge in [0.1, 0.15) is 6.54 Å². The summed E-state index contributed by atoms with van der Waals surface area (Å²) in [5, 5.41) is 4.08. The number of nitrogens with zero attached hydrogens (tertiary/aromatic N) is 4. The van der Waals surface area contributed by atoms with Gasteiger partial charge in [0, 0.05) is 24.9 Å². The average molecular weight is 338 g/mol. The van der Waals surface area contributed by atoms with Gasteiger partial charge in [0.15, 0.2) is 5.82 Å². The quantitative estimate of drug-likeness (QED) is 0.826. The molecule has 0 saturated carbocycles. The first-order chi connectivity index (χ1) is 11.0. The van der Waals surface area contributed by atoms with Gasteiger partial charge in [-0.15, -0.1) is 11.8 Å². The van der Waals surface area contributed by atoms with Crippen LogP contribution in [0.1, 0.15) is 50.2 Å². The Balaban J connectivity index is 1.60. The van der Waals surface area contributed by atoms with Crippen molar-refractivity contribution in [1.82, 2.24) is 19.9 Å². The number of piperidine rings is 1. The monoisotopic (exact) mass is 338 g/mol. The lowest BCUT2D eigenvalue weighted by Crippen LogP contribution is -2.45. The first-order valence-corrected chi connectivity index (χ1v) is 9.17. The maximum atomic E-state index is 12.4. The molecule has 23 heavy (non-hydrogen) atoms. The number of amides is 2. The highest BCUT2D eigenvalue weighted by Gasteiger charge is 2.30. The summed E-state index contributed by atoms with van der Waals surface area (Å²) < 4.78 is 5.28. The molecule has 2 aliphatic heterocycles. The lowest BCUT2D eigenvalue weighted by molar-refractivity contribution is -0.138. The predicted molar refractivity (Wildman–Crippen MR) is 86.0 cm³/mol. The summed E-state index contributed by atoms with van der Waals surface area (Å²) in [6, 6.07) is 0. The van der Waals surface area contributed by atoms with Gasteiger partial charge in [-0.05, 0) is 12.8 Å². The number of likely N-dealkylation sites (tertiary alicyclic amines) is 1. The number of hydrogen-bond donors (Lipinski definition) is 0. The van der Waals surface area contributed by atoms with Crippen molar-refractivity contribution in [2.75, 3.05) is 31.3 Å². The molecule has 2 aliphatic rings. The van der Waals surface area contributed by atoms with Crippen LogP contribution in [0.15, 0.2) is 4.52 Å². The number of carbonyl (C=O) groups is 2. The Morgan fingerprint density at radius 3 is 2.96 bits per heavy atom. The fraction of sp³-hybridized carbons (Fsp3) is 0.733. The summed E-state index contributed by atoms with van der Waals surface area (Å²) >= 11 is 1.56. The van der Waals surface area contributed by atoms with E-state index in [1.807, 2.05) is 18.7 Å². The van der Waals surface area contributed by atoms with Gasteiger partial charge in [-0.25, -0.2) is 0 Å².